The van der Waals surface area contributed by atoms with Gasteiger partial charge in [-0.3, -0.25) is 13.9 Å². The van der Waals surface area contributed by atoms with Gasteiger partial charge in [-0.15, -0.1) is 0 Å². The fraction of sp³-hybridized carbons (Fsp3) is 0.500. The van der Waals surface area contributed by atoms with Crippen LogP contribution < -0.4 is 11.6 Å². The lowest BCUT2D eigenvalue weighted by molar-refractivity contribution is -0.0602. The molecule has 6 atom stereocenters. The first-order valence-corrected chi connectivity index (χ1v) is 12.7. The van der Waals surface area contributed by atoms with Crippen LogP contribution in [0.5, 0.6) is 0 Å². The minimum absolute atomic E-state index is 0.0528. The Morgan fingerprint density at radius 1 is 1.09 bits per heavy atom. The van der Waals surface area contributed by atoms with Crippen LogP contribution in [0.2, 0.25) is 0 Å². The van der Waals surface area contributed by atoms with Crippen LogP contribution in [0.4, 0.5) is 5.82 Å². The van der Waals surface area contributed by atoms with Gasteiger partial charge >= 0.3 is 23.5 Å². The SMILES string of the molecule is NOC1C(O)[C@H](n2cnc3c(N)ncnc32)O[C@@H]1COP(=O)(O)OP(=O)(O)OP(=O)(O)O. The Morgan fingerprint density at radius 3 is 2.41 bits per heavy atom. The molecule has 2 aromatic heterocycles. The Bertz CT molecular complexity index is 1120. The zero-order valence-corrected chi connectivity index (χ0v) is 18.1. The molecule has 3 heterocycles. The molecular weight excluding hydrogens is 505 g/mol. The number of nitrogens with zero attached hydrogens (tertiary/aromatic N) is 4. The number of hydrogen-bond donors (Lipinski definition) is 7. The van der Waals surface area contributed by atoms with Gasteiger partial charge in [0.2, 0.25) is 0 Å². The molecule has 32 heavy (non-hydrogen) atoms. The average Bonchev–Trinajstić information content (AvgIpc) is 3.18. The average molecular weight is 522 g/mol. The number of nitrogens with two attached hydrogens (primary N) is 2. The van der Waals surface area contributed by atoms with Crippen LogP contribution in [0.3, 0.4) is 0 Å². The summed E-state index contributed by atoms with van der Waals surface area (Å²) in [5.41, 5.74) is 6.07. The molecule has 1 aliphatic heterocycles. The number of nitrogen functional groups attached to an aromatic ring is 1. The normalized spacial score (nSPS) is 27.9. The van der Waals surface area contributed by atoms with Gasteiger partial charge in [-0.1, -0.05) is 0 Å². The molecule has 0 aromatic carbocycles. The van der Waals surface area contributed by atoms with Crippen LogP contribution in [0.1, 0.15) is 6.23 Å². The fourth-order valence-corrected chi connectivity index (χ4v) is 5.81. The largest absolute Gasteiger partial charge is 0.490 e. The predicted octanol–water partition coefficient (Wildman–Crippen LogP) is -1.73. The van der Waals surface area contributed by atoms with E-state index in [4.69, 9.17) is 31.0 Å². The summed E-state index contributed by atoms with van der Waals surface area (Å²) in [7, 11) is -16.7. The van der Waals surface area contributed by atoms with Crippen molar-refractivity contribution in [3.05, 3.63) is 12.7 Å². The first-order chi connectivity index (χ1) is 14.7. The van der Waals surface area contributed by atoms with E-state index in [9.17, 15) is 23.7 Å². The number of fused-ring (bicyclic) bond motifs is 1. The highest BCUT2D eigenvalue weighted by Gasteiger charge is 2.48. The molecule has 0 saturated carbocycles. The van der Waals surface area contributed by atoms with E-state index in [0.717, 1.165) is 6.33 Å². The molecule has 1 fully saturated rings. The molecule has 9 N–H and O–H groups in total. The van der Waals surface area contributed by atoms with Crippen molar-refractivity contribution in [1.82, 2.24) is 19.5 Å². The summed E-state index contributed by atoms with van der Waals surface area (Å²) in [5.74, 6) is 5.21. The Hall–Kier alpha value is -1.40. The molecule has 0 bridgehead atoms. The molecule has 0 amide bonds. The third-order valence-electron chi connectivity index (χ3n) is 3.95. The topological polar surface area (TPSA) is 294 Å². The van der Waals surface area contributed by atoms with Gasteiger partial charge in [0, 0.05) is 0 Å². The van der Waals surface area contributed by atoms with Gasteiger partial charge in [-0.25, -0.2) is 34.5 Å². The number of rotatable bonds is 9. The summed E-state index contributed by atoms with van der Waals surface area (Å²) in [6.45, 7) is -0.900. The lowest BCUT2D eigenvalue weighted by atomic mass is 10.1. The summed E-state index contributed by atoms with van der Waals surface area (Å²) in [6, 6.07) is 0. The molecule has 1 saturated heterocycles. The third-order valence-corrected chi connectivity index (χ3v) is 7.75. The van der Waals surface area contributed by atoms with E-state index in [1.54, 1.807) is 0 Å². The van der Waals surface area contributed by atoms with Crippen molar-refractivity contribution in [1.29, 1.82) is 0 Å². The summed E-state index contributed by atoms with van der Waals surface area (Å²) >= 11 is 0. The minimum Gasteiger partial charge on any atom is -0.385 e. The number of anilines is 1. The maximum Gasteiger partial charge on any atom is 0.490 e. The van der Waals surface area contributed by atoms with Gasteiger partial charge in [0.05, 0.1) is 12.9 Å². The Labute approximate surface area is 177 Å². The van der Waals surface area contributed by atoms with Gasteiger partial charge in [0.15, 0.2) is 17.7 Å². The minimum atomic E-state index is -5.70. The lowest BCUT2D eigenvalue weighted by Gasteiger charge is -2.20. The Balaban J connectivity index is 1.73. The molecule has 0 spiro atoms. The zero-order valence-electron chi connectivity index (χ0n) is 15.5. The van der Waals surface area contributed by atoms with Crippen molar-refractivity contribution < 1.29 is 61.1 Å². The van der Waals surface area contributed by atoms with E-state index in [0.29, 0.717) is 0 Å². The number of aliphatic hydroxyl groups excluding tert-OH is 1. The van der Waals surface area contributed by atoms with E-state index in [-0.39, 0.29) is 17.0 Å². The van der Waals surface area contributed by atoms with Gasteiger partial charge in [-0.05, 0) is 0 Å². The van der Waals surface area contributed by atoms with Gasteiger partial charge in [0.25, 0.3) is 0 Å². The van der Waals surface area contributed by atoms with Crippen molar-refractivity contribution in [3.63, 3.8) is 0 Å². The lowest BCUT2D eigenvalue weighted by Crippen LogP contribution is -2.38. The molecule has 22 heteroatoms. The van der Waals surface area contributed by atoms with Crippen LogP contribution in [-0.4, -0.2) is 69.1 Å². The first kappa shape index (κ1) is 25.2. The molecule has 3 rings (SSSR count). The number of ether oxygens (including phenoxy) is 1. The summed E-state index contributed by atoms with van der Waals surface area (Å²) in [4.78, 5) is 52.2. The van der Waals surface area contributed by atoms with Gasteiger partial charge < -0.3 is 35.2 Å². The van der Waals surface area contributed by atoms with Crippen LogP contribution in [0.15, 0.2) is 12.7 Å². The molecule has 1 aliphatic rings. The number of aliphatic hydroxyl groups is 1. The summed E-state index contributed by atoms with van der Waals surface area (Å²) in [6.07, 6.45) is -3.05. The van der Waals surface area contributed by atoms with Crippen molar-refractivity contribution in [3.8, 4) is 0 Å². The highest BCUT2D eigenvalue weighted by atomic mass is 31.3. The Kier molecular flexibility index (Phi) is 7.17. The molecular formula is C10H17N6O13P3. The second-order valence-electron chi connectivity index (χ2n) is 6.13. The molecule has 180 valence electrons. The number of phosphoric ester groups is 1. The molecule has 0 radical (unpaired) electrons. The monoisotopic (exact) mass is 522 g/mol. The molecule has 4 unspecified atom stereocenters. The highest BCUT2D eigenvalue weighted by molar-refractivity contribution is 7.66. The predicted molar refractivity (Wildman–Crippen MR) is 98.5 cm³/mol. The number of phosphoric acid groups is 3. The van der Waals surface area contributed by atoms with Crippen LogP contribution in [-0.2, 0) is 36.4 Å². The third kappa shape index (κ3) is 5.74. The van der Waals surface area contributed by atoms with Crippen molar-refractivity contribution >= 4 is 40.4 Å². The highest BCUT2D eigenvalue weighted by Crippen LogP contribution is 2.66. The van der Waals surface area contributed by atoms with Crippen LogP contribution in [0, 0.1) is 0 Å². The fourth-order valence-electron chi connectivity index (χ4n) is 2.78. The van der Waals surface area contributed by atoms with E-state index in [2.05, 4.69) is 32.9 Å². The van der Waals surface area contributed by atoms with E-state index < -0.39 is 54.6 Å². The molecule has 0 aliphatic carbocycles. The van der Waals surface area contributed by atoms with E-state index in [1.807, 2.05) is 0 Å². The number of aromatic nitrogens is 4. The smallest absolute Gasteiger partial charge is 0.385 e. The van der Waals surface area contributed by atoms with Crippen LogP contribution in [0.25, 0.3) is 11.2 Å². The van der Waals surface area contributed by atoms with Crippen molar-refractivity contribution in [2.24, 2.45) is 5.90 Å². The van der Waals surface area contributed by atoms with Crippen molar-refractivity contribution in [2.75, 3.05) is 12.3 Å². The quantitative estimate of drug-likeness (QED) is 0.142. The number of imidazole rings is 1. The maximum atomic E-state index is 11.9. The van der Waals surface area contributed by atoms with E-state index in [1.165, 1.54) is 10.9 Å². The molecule has 2 aromatic rings. The standard InChI is InChI=1S/C10H17N6O13P3/c11-8-5-9(14-2-13-8)16(3-15-5)10-6(17)7(27-12)4(26-10)1-25-31(21,22)29-32(23,24)28-30(18,19)20/h2-4,6-7,10,17H,1,12H2,(H,21,22)(H,23,24)(H2,11,13,14)(H2,18,19,20)/t4-,6?,7?,10-/m1/s1. The summed E-state index contributed by atoms with van der Waals surface area (Å²) in [5, 5.41) is 10.5. The van der Waals surface area contributed by atoms with E-state index >= 15 is 0 Å². The molecule has 19 nitrogen and oxygen atoms in total. The number of hydrogen-bond acceptors (Lipinski definition) is 14. The maximum absolute atomic E-state index is 11.9. The second-order valence-corrected chi connectivity index (χ2v) is 10.5. The second kappa shape index (κ2) is 9.09. The zero-order chi connectivity index (χ0) is 23.9. The van der Waals surface area contributed by atoms with Gasteiger partial charge in [-0.2, -0.15) is 8.62 Å². The van der Waals surface area contributed by atoms with Crippen LogP contribution >= 0.6 is 23.5 Å². The van der Waals surface area contributed by atoms with Crippen molar-refractivity contribution in [2.45, 2.75) is 24.5 Å². The summed E-state index contributed by atoms with van der Waals surface area (Å²) < 4.78 is 52.4. The Morgan fingerprint density at radius 2 is 1.78 bits per heavy atom. The first-order valence-electron chi connectivity index (χ1n) is 8.13. The van der Waals surface area contributed by atoms with Gasteiger partial charge in [0.1, 0.15) is 30.2 Å².